The van der Waals surface area contributed by atoms with E-state index >= 15 is 0 Å². The highest BCUT2D eigenvalue weighted by atomic mass is 19.1. The van der Waals surface area contributed by atoms with Gasteiger partial charge in [-0.15, -0.1) is 0 Å². The first-order valence-corrected chi connectivity index (χ1v) is 13.3. The zero-order chi connectivity index (χ0) is 28.7. The summed E-state index contributed by atoms with van der Waals surface area (Å²) in [6.45, 7) is 7.78. The molecule has 0 spiro atoms. The van der Waals surface area contributed by atoms with Crippen molar-refractivity contribution in [3.63, 3.8) is 0 Å². The molecule has 0 radical (unpaired) electrons. The van der Waals surface area contributed by atoms with E-state index in [0.29, 0.717) is 79.1 Å². The summed E-state index contributed by atoms with van der Waals surface area (Å²) in [6, 6.07) is 18.2. The molecule has 3 rings (SSSR count). The molecule has 4 nitrogen and oxygen atoms in total. The molecule has 0 bridgehead atoms. The molecule has 0 atom stereocenters. The van der Waals surface area contributed by atoms with Crippen LogP contribution in [0.1, 0.15) is 42.4 Å². The lowest BCUT2D eigenvalue weighted by molar-refractivity contribution is 0.285. The van der Waals surface area contributed by atoms with Crippen LogP contribution in [0.15, 0.2) is 85.0 Å². The van der Waals surface area contributed by atoms with Crippen molar-refractivity contribution in [3.05, 3.63) is 107 Å². The standard InChI is InChI=1S/C34H36F2O4/c1-25(23-37)14-17-39-32-20-31(21-33(22-32)40-18-15-26(2)24-38)29-11-8-27(9-12-29)6-7-28-10-13-30(34(36)19-28)5-3-4-16-35/h8-13,19-22,37-38H,1-5,14-18,23-24H2. The van der Waals surface area contributed by atoms with Crippen molar-refractivity contribution < 1.29 is 28.5 Å². The first-order chi connectivity index (χ1) is 19.4. The Morgan fingerprint density at radius 3 is 1.85 bits per heavy atom. The third-order valence-electron chi connectivity index (χ3n) is 6.23. The van der Waals surface area contributed by atoms with Gasteiger partial charge in [0.15, 0.2) is 0 Å². The molecule has 3 aromatic rings. The fourth-order valence-electron chi connectivity index (χ4n) is 3.82. The molecule has 0 saturated heterocycles. The van der Waals surface area contributed by atoms with E-state index in [9.17, 15) is 19.0 Å². The molecule has 0 amide bonds. The van der Waals surface area contributed by atoms with Crippen LogP contribution < -0.4 is 9.47 Å². The van der Waals surface area contributed by atoms with Gasteiger partial charge in [0.05, 0.1) is 33.1 Å². The van der Waals surface area contributed by atoms with Gasteiger partial charge in [-0.2, -0.15) is 0 Å². The Morgan fingerprint density at radius 2 is 1.30 bits per heavy atom. The number of unbranched alkanes of at least 4 members (excludes halogenated alkanes) is 1. The van der Waals surface area contributed by atoms with Gasteiger partial charge >= 0.3 is 0 Å². The molecule has 210 valence electrons. The van der Waals surface area contributed by atoms with Crippen molar-refractivity contribution in [2.45, 2.75) is 32.1 Å². The number of aryl methyl sites for hydroxylation is 1. The van der Waals surface area contributed by atoms with Crippen LogP contribution in [-0.4, -0.2) is 43.3 Å². The average molecular weight is 547 g/mol. The molecule has 0 aliphatic heterocycles. The Morgan fingerprint density at radius 1 is 0.725 bits per heavy atom. The van der Waals surface area contributed by atoms with Crippen molar-refractivity contribution in [2.75, 3.05) is 33.1 Å². The summed E-state index contributed by atoms with van der Waals surface area (Å²) in [5.41, 5.74) is 5.15. The Kier molecular flexibility index (Phi) is 12.4. The van der Waals surface area contributed by atoms with E-state index in [0.717, 1.165) is 16.7 Å². The van der Waals surface area contributed by atoms with Gasteiger partial charge in [0.1, 0.15) is 17.3 Å². The van der Waals surface area contributed by atoms with Crippen molar-refractivity contribution >= 4 is 0 Å². The number of alkyl halides is 1. The van der Waals surface area contributed by atoms with E-state index in [1.807, 2.05) is 36.4 Å². The number of rotatable bonds is 15. The fraction of sp³-hybridized carbons (Fsp3) is 0.294. The van der Waals surface area contributed by atoms with E-state index < -0.39 is 0 Å². The molecule has 0 aromatic heterocycles. The van der Waals surface area contributed by atoms with E-state index in [1.54, 1.807) is 18.2 Å². The fourth-order valence-corrected chi connectivity index (χ4v) is 3.82. The predicted octanol–water partition coefficient (Wildman–Crippen LogP) is 6.82. The summed E-state index contributed by atoms with van der Waals surface area (Å²) in [7, 11) is 0. The monoisotopic (exact) mass is 546 g/mol. The Labute approximate surface area is 235 Å². The third-order valence-corrected chi connectivity index (χ3v) is 6.23. The molecule has 40 heavy (non-hydrogen) atoms. The lowest BCUT2D eigenvalue weighted by atomic mass is 10.0. The molecule has 0 unspecified atom stereocenters. The van der Waals surface area contributed by atoms with Crippen LogP contribution in [0.4, 0.5) is 8.78 Å². The number of hydrogen-bond acceptors (Lipinski definition) is 4. The molecular formula is C34H36F2O4. The number of halogens is 2. The number of benzene rings is 3. The molecule has 6 heteroatoms. The second-order valence-corrected chi connectivity index (χ2v) is 9.49. The molecule has 0 aliphatic carbocycles. The smallest absolute Gasteiger partial charge is 0.127 e. The molecule has 0 heterocycles. The summed E-state index contributed by atoms with van der Waals surface area (Å²) >= 11 is 0. The molecule has 0 aliphatic rings. The largest absolute Gasteiger partial charge is 0.493 e. The highest BCUT2D eigenvalue weighted by Crippen LogP contribution is 2.31. The van der Waals surface area contributed by atoms with E-state index in [1.165, 1.54) is 6.07 Å². The number of aliphatic hydroxyl groups excluding tert-OH is 2. The number of ether oxygens (including phenoxy) is 2. The van der Waals surface area contributed by atoms with Crippen molar-refractivity contribution in [1.29, 1.82) is 0 Å². The van der Waals surface area contributed by atoms with Gasteiger partial charge in [0.2, 0.25) is 0 Å². The van der Waals surface area contributed by atoms with Crippen LogP contribution in [0.5, 0.6) is 11.5 Å². The first-order valence-electron chi connectivity index (χ1n) is 13.3. The van der Waals surface area contributed by atoms with Crippen LogP contribution in [-0.2, 0) is 6.42 Å². The second-order valence-electron chi connectivity index (χ2n) is 9.49. The summed E-state index contributed by atoms with van der Waals surface area (Å²) in [6.07, 6.45) is 2.63. The number of aliphatic hydroxyl groups is 2. The van der Waals surface area contributed by atoms with Crippen LogP contribution in [0.25, 0.3) is 11.1 Å². The number of hydrogen-bond donors (Lipinski definition) is 2. The average Bonchev–Trinajstić information content (AvgIpc) is 2.97. The minimum atomic E-state index is -0.387. The lowest BCUT2D eigenvalue weighted by Crippen LogP contribution is -2.03. The maximum absolute atomic E-state index is 14.4. The zero-order valence-electron chi connectivity index (χ0n) is 22.7. The Bertz CT molecular complexity index is 1300. The van der Waals surface area contributed by atoms with Crippen molar-refractivity contribution in [3.8, 4) is 34.5 Å². The molecule has 0 saturated carbocycles. The summed E-state index contributed by atoms with van der Waals surface area (Å²) in [4.78, 5) is 0. The normalized spacial score (nSPS) is 10.5. The maximum Gasteiger partial charge on any atom is 0.127 e. The topological polar surface area (TPSA) is 58.9 Å². The van der Waals surface area contributed by atoms with Crippen LogP contribution in [0, 0.1) is 17.7 Å². The molecule has 3 aromatic carbocycles. The van der Waals surface area contributed by atoms with Crippen LogP contribution in [0.3, 0.4) is 0 Å². The SMILES string of the molecule is C=C(CO)CCOc1cc(OCCC(=C)CO)cc(-c2ccc(C#Cc3ccc(CCCCF)c(F)c3)cc2)c1. The van der Waals surface area contributed by atoms with Gasteiger partial charge in [0, 0.05) is 30.0 Å². The maximum atomic E-state index is 14.4. The quantitative estimate of drug-likeness (QED) is 0.125. The summed E-state index contributed by atoms with van der Waals surface area (Å²) in [5.74, 6) is 7.01. The van der Waals surface area contributed by atoms with Gasteiger partial charge < -0.3 is 19.7 Å². The van der Waals surface area contributed by atoms with Crippen molar-refractivity contribution in [2.24, 2.45) is 0 Å². The molecule has 0 fully saturated rings. The summed E-state index contributed by atoms with van der Waals surface area (Å²) in [5, 5.41) is 18.4. The first kappa shape index (κ1) is 30.6. The minimum absolute atomic E-state index is 0.0798. The minimum Gasteiger partial charge on any atom is -0.493 e. The Hall–Kier alpha value is -3.92. The van der Waals surface area contributed by atoms with Gasteiger partial charge in [-0.25, -0.2) is 4.39 Å². The second kappa shape index (κ2) is 16.2. The van der Waals surface area contributed by atoms with E-state index in [4.69, 9.17) is 9.47 Å². The molecule has 2 N–H and O–H groups in total. The predicted molar refractivity (Wildman–Crippen MR) is 156 cm³/mol. The van der Waals surface area contributed by atoms with Crippen LogP contribution in [0.2, 0.25) is 0 Å². The third kappa shape index (κ3) is 10.00. The van der Waals surface area contributed by atoms with E-state index in [-0.39, 0.29) is 25.7 Å². The highest BCUT2D eigenvalue weighted by Gasteiger charge is 2.08. The molecular weight excluding hydrogens is 510 g/mol. The van der Waals surface area contributed by atoms with Crippen molar-refractivity contribution in [1.82, 2.24) is 0 Å². The van der Waals surface area contributed by atoms with E-state index in [2.05, 4.69) is 25.0 Å². The van der Waals surface area contributed by atoms with Crippen LogP contribution >= 0.6 is 0 Å². The summed E-state index contributed by atoms with van der Waals surface area (Å²) < 4.78 is 38.5. The van der Waals surface area contributed by atoms with Gasteiger partial charge in [0.25, 0.3) is 0 Å². The lowest BCUT2D eigenvalue weighted by Gasteiger charge is -2.13. The Balaban J connectivity index is 1.74. The van der Waals surface area contributed by atoms with Gasteiger partial charge in [-0.3, -0.25) is 4.39 Å². The zero-order valence-corrected chi connectivity index (χ0v) is 22.7. The van der Waals surface area contributed by atoms with Gasteiger partial charge in [-0.05, 0) is 83.5 Å². The van der Waals surface area contributed by atoms with Gasteiger partial charge in [-0.1, -0.05) is 43.2 Å². The highest BCUT2D eigenvalue weighted by molar-refractivity contribution is 5.68.